The van der Waals surface area contributed by atoms with Crippen molar-refractivity contribution in [1.29, 1.82) is 0 Å². The molecule has 0 saturated heterocycles. The fourth-order valence-electron chi connectivity index (χ4n) is 0. The molecular weight excluding hydrogens is 235 g/mol. The maximum atomic E-state index is 0. The molecular formula is H4F4Tb. The molecule has 0 aromatic carbocycles. The molecule has 0 aliphatic carbocycles. The Balaban J connectivity index is 0. The summed E-state index contributed by atoms with van der Waals surface area (Å²) in [4.78, 5) is 0. The van der Waals surface area contributed by atoms with Crippen LogP contribution in [0.4, 0.5) is 18.8 Å². The number of hydrogen-bond acceptors (Lipinski definition) is 0. The quantitative estimate of drug-likeness (QED) is 0.543. The minimum absolute atomic E-state index is 0. The summed E-state index contributed by atoms with van der Waals surface area (Å²) in [6.45, 7) is 0. The molecule has 0 spiro atoms. The molecule has 0 rings (SSSR count). The second-order valence-electron chi connectivity index (χ2n) is 0. The van der Waals surface area contributed by atoms with E-state index in [0.29, 0.717) is 0 Å². The van der Waals surface area contributed by atoms with Gasteiger partial charge in [0.2, 0.25) is 0 Å². The van der Waals surface area contributed by atoms with Crippen LogP contribution in [0.15, 0.2) is 0 Å². The van der Waals surface area contributed by atoms with Gasteiger partial charge in [-0.1, -0.05) is 0 Å². The molecule has 0 atom stereocenters. The first-order chi connectivity index (χ1) is 0. The van der Waals surface area contributed by atoms with Crippen molar-refractivity contribution in [3.8, 4) is 0 Å². The van der Waals surface area contributed by atoms with Crippen LogP contribution >= 0.6 is 0 Å². The average molecular weight is 239 g/mol. The summed E-state index contributed by atoms with van der Waals surface area (Å²) in [5, 5.41) is 0. The van der Waals surface area contributed by atoms with Gasteiger partial charge in [0.15, 0.2) is 0 Å². The van der Waals surface area contributed by atoms with Gasteiger partial charge in [0, 0.05) is 38.6 Å². The molecule has 0 aliphatic rings. The Kier molecular flexibility index (Phi) is 2360. The van der Waals surface area contributed by atoms with Gasteiger partial charge in [0.05, 0.1) is 0 Å². The summed E-state index contributed by atoms with van der Waals surface area (Å²) in [5.41, 5.74) is 0. The third-order valence-corrected chi connectivity index (χ3v) is 0. The third kappa shape index (κ3) is 44.7. The Morgan fingerprint density at radius 3 is 0.400 bits per heavy atom. The predicted octanol–water partition coefficient (Wildman–Crippen LogP) is 0.610. The molecule has 0 amide bonds. The largest absolute Gasteiger partial charge is 0.269 e. The van der Waals surface area contributed by atoms with Gasteiger partial charge in [0.25, 0.3) is 0 Å². The molecule has 1 radical (unpaired) electrons. The maximum Gasteiger partial charge on any atom is 0 e. The Bertz CT molecular complexity index is 3.61. The summed E-state index contributed by atoms with van der Waals surface area (Å²) in [5.74, 6) is 0. The molecule has 5 heavy (non-hydrogen) atoms. The minimum atomic E-state index is 0. The molecule has 0 N–H and O–H groups in total. The van der Waals surface area contributed by atoms with E-state index < -0.39 is 0 Å². The summed E-state index contributed by atoms with van der Waals surface area (Å²) in [7, 11) is 0. The van der Waals surface area contributed by atoms with Gasteiger partial charge in [-0.15, -0.1) is 0 Å². The second kappa shape index (κ2) is 79.4. The molecule has 0 nitrogen and oxygen atoms in total. The van der Waals surface area contributed by atoms with E-state index in [0.717, 1.165) is 0 Å². The molecule has 0 aliphatic heterocycles. The van der Waals surface area contributed by atoms with E-state index in [4.69, 9.17) is 0 Å². The first-order valence-electron chi connectivity index (χ1n) is 0. The van der Waals surface area contributed by atoms with Crippen LogP contribution in [0.25, 0.3) is 0 Å². The predicted molar refractivity (Wildman–Crippen MR) is 10.0 cm³/mol. The molecule has 5 heteroatoms. The van der Waals surface area contributed by atoms with E-state index in [1.54, 1.807) is 0 Å². The zero-order chi connectivity index (χ0) is 0. The SMILES string of the molecule is F.F.F.F.[Tb]. The van der Waals surface area contributed by atoms with Crippen LogP contribution in [0.3, 0.4) is 0 Å². The van der Waals surface area contributed by atoms with Gasteiger partial charge < -0.3 is 0 Å². The van der Waals surface area contributed by atoms with Crippen molar-refractivity contribution in [2.75, 3.05) is 0 Å². The minimum Gasteiger partial charge on any atom is -0.269 e. The summed E-state index contributed by atoms with van der Waals surface area (Å²) < 4.78 is 0. The molecule has 0 aromatic rings. The van der Waals surface area contributed by atoms with Crippen LogP contribution in [0.1, 0.15) is 0 Å². The van der Waals surface area contributed by atoms with Gasteiger partial charge in [-0.3, -0.25) is 18.8 Å². The van der Waals surface area contributed by atoms with E-state index in [1.165, 1.54) is 0 Å². The molecule has 0 saturated carbocycles. The third-order valence-electron chi connectivity index (χ3n) is 0. The Morgan fingerprint density at radius 1 is 0.400 bits per heavy atom. The van der Waals surface area contributed by atoms with Gasteiger partial charge in [-0.25, -0.2) is 0 Å². The van der Waals surface area contributed by atoms with Gasteiger partial charge in [-0.2, -0.15) is 0 Å². The van der Waals surface area contributed by atoms with Crippen LogP contribution < -0.4 is 0 Å². The van der Waals surface area contributed by atoms with Crippen molar-refractivity contribution < 1.29 is 57.4 Å². The molecule has 0 aromatic heterocycles. The fraction of sp³-hybridized carbons (Fsp3) is 0. The normalized spacial score (nSPS) is 0. The van der Waals surface area contributed by atoms with Crippen molar-refractivity contribution in [2.45, 2.75) is 0 Å². The van der Waals surface area contributed by atoms with E-state index in [1.807, 2.05) is 0 Å². The second-order valence-corrected chi connectivity index (χ2v) is 0. The van der Waals surface area contributed by atoms with E-state index in [-0.39, 0.29) is 57.4 Å². The summed E-state index contributed by atoms with van der Waals surface area (Å²) >= 11 is 0. The van der Waals surface area contributed by atoms with Crippen LogP contribution in [0.5, 0.6) is 0 Å². The zero-order valence-electron chi connectivity index (χ0n) is 1.97. The Morgan fingerprint density at radius 2 is 0.400 bits per heavy atom. The number of halogens is 4. The molecule has 0 bridgehead atoms. The van der Waals surface area contributed by atoms with Crippen molar-refractivity contribution in [1.82, 2.24) is 0 Å². The van der Waals surface area contributed by atoms with Crippen LogP contribution in [-0.4, -0.2) is 0 Å². The summed E-state index contributed by atoms with van der Waals surface area (Å²) in [6, 6.07) is 0. The standard InChI is InChI=1S/4FH.Tb/h4*1H;. The van der Waals surface area contributed by atoms with Crippen molar-refractivity contribution >= 4 is 0 Å². The van der Waals surface area contributed by atoms with Crippen molar-refractivity contribution in [3.05, 3.63) is 0 Å². The topological polar surface area (TPSA) is 0 Å². The van der Waals surface area contributed by atoms with Gasteiger partial charge >= 0.3 is 0 Å². The van der Waals surface area contributed by atoms with Gasteiger partial charge in [-0.05, 0) is 0 Å². The van der Waals surface area contributed by atoms with Gasteiger partial charge in [0.1, 0.15) is 0 Å². The van der Waals surface area contributed by atoms with Crippen LogP contribution in [0.2, 0.25) is 0 Å². The van der Waals surface area contributed by atoms with E-state index in [9.17, 15) is 0 Å². The molecule has 41 valence electrons. The first kappa shape index (κ1) is 149. The van der Waals surface area contributed by atoms with Crippen LogP contribution in [0, 0.1) is 38.6 Å². The van der Waals surface area contributed by atoms with Crippen molar-refractivity contribution in [2.24, 2.45) is 0 Å². The average Bonchev–Trinajstić information content (AvgIpc) is 0. The fourth-order valence-corrected chi connectivity index (χ4v) is 0. The first-order valence-corrected chi connectivity index (χ1v) is 0. The number of rotatable bonds is 0. The zero-order valence-corrected chi connectivity index (χ0v) is 4.11. The van der Waals surface area contributed by atoms with E-state index in [2.05, 4.69) is 0 Å². The van der Waals surface area contributed by atoms with Crippen molar-refractivity contribution in [3.63, 3.8) is 0 Å². The molecule has 0 unspecified atom stereocenters. The van der Waals surface area contributed by atoms with E-state index >= 15 is 0 Å². The summed E-state index contributed by atoms with van der Waals surface area (Å²) in [6.07, 6.45) is 0. The molecule has 0 heterocycles. The monoisotopic (exact) mass is 239 g/mol. The maximum absolute atomic E-state index is 0. The molecule has 0 fully saturated rings. The Labute approximate surface area is 57.2 Å². The number of hydrogen-bond donors (Lipinski definition) is 0. The Hall–Kier alpha value is 1.01. The smallest absolute Gasteiger partial charge is 0 e. The van der Waals surface area contributed by atoms with Crippen LogP contribution in [-0.2, 0) is 0 Å².